The summed E-state index contributed by atoms with van der Waals surface area (Å²) in [5.74, 6) is -0.820. The fourth-order valence-electron chi connectivity index (χ4n) is 1.07. The van der Waals surface area contributed by atoms with Gasteiger partial charge in [0.2, 0.25) is 0 Å². The van der Waals surface area contributed by atoms with Gasteiger partial charge >= 0.3 is 5.97 Å². The molecule has 0 aliphatic heterocycles. The molecule has 2 aromatic heterocycles. The van der Waals surface area contributed by atoms with Crippen LogP contribution in [0.2, 0.25) is 0 Å². The van der Waals surface area contributed by atoms with E-state index >= 15 is 0 Å². The number of carboxylic acid groups (broad SMARTS) is 1. The Morgan fingerprint density at radius 1 is 1.62 bits per heavy atom. The van der Waals surface area contributed by atoms with Gasteiger partial charge in [0.1, 0.15) is 6.33 Å². The second-order valence-corrected chi connectivity index (χ2v) is 3.72. The Morgan fingerprint density at radius 2 is 2.46 bits per heavy atom. The molecule has 0 saturated carbocycles. The van der Waals surface area contributed by atoms with Crippen LogP contribution in [0.15, 0.2) is 18.6 Å². The number of hydrogen-bond acceptors (Lipinski definition) is 4. The van der Waals surface area contributed by atoms with Crippen molar-refractivity contribution in [1.29, 1.82) is 0 Å². The van der Waals surface area contributed by atoms with Crippen molar-refractivity contribution in [3.63, 3.8) is 0 Å². The van der Waals surface area contributed by atoms with Gasteiger partial charge in [0, 0.05) is 11.1 Å². The van der Waals surface area contributed by atoms with Crippen LogP contribution < -0.4 is 0 Å². The van der Waals surface area contributed by atoms with Crippen LogP contribution in [-0.4, -0.2) is 21.0 Å². The Kier molecular flexibility index (Phi) is 1.94. The molecule has 0 fully saturated rings. The van der Waals surface area contributed by atoms with E-state index in [1.165, 1.54) is 17.7 Å². The minimum atomic E-state index is -0.820. The molecule has 0 saturated heterocycles. The van der Waals surface area contributed by atoms with Crippen LogP contribution in [0, 0.1) is 0 Å². The van der Waals surface area contributed by atoms with Crippen LogP contribution in [-0.2, 0) is 11.2 Å². The maximum Gasteiger partial charge on any atom is 0.308 e. The topological polar surface area (TPSA) is 63.1 Å². The summed E-state index contributed by atoms with van der Waals surface area (Å²) in [5.41, 5.74) is 0.816. The third kappa shape index (κ3) is 1.65. The SMILES string of the molecule is O=C(O)Cc1cc2ncncc2s1. The molecule has 0 aliphatic rings. The highest BCUT2D eigenvalue weighted by atomic mass is 32.1. The first-order valence-corrected chi connectivity index (χ1v) is 4.47. The molecule has 0 amide bonds. The van der Waals surface area contributed by atoms with Gasteiger partial charge in [0.15, 0.2) is 0 Å². The molecule has 66 valence electrons. The Labute approximate surface area is 77.9 Å². The Morgan fingerprint density at radius 3 is 3.15 bits per heavy atom. The third-order valence-corrected chi connectivity index (χ3v) is 2.63. The van der Waals surface area contributed by atoms with Gasteiger partial charge in [-0.05, 0) is 6.07 Å². The van der Waals surface area contributed by atoms with E-state index < -0.39 is 5.97 Å². The van der Waals surface area contributed by atoms with E-state index in [1.807, 2.05) is 0 Å². The molecule has 0 aromatic carbocycles. The summed E-state index contributed by atoms with van der Waals surface area (Å²) in [6.07, 6.45) is 3.21. The maximum absolute atomic E-state index is 10.4. The lowest BCUT2D eigenvalue weighted by Gasteiger charge is -1.85. The molecule has 0 unspecified atom stereocenters. The van der Waals surface area contributed by atoms with Crippen molar-refractivity contribution in [3.8, 4) is 0 Å². The first kappa shape index (κ1) is 8.12. The van der Waals surface area contributed by atoms with Gasteiger partial charge in [-0.2, -0.15) is 0 Å². The molecule has 4 nitrogen and oxygen atoms in total. The van der Waals surface area contributed by atoms with Crippen LogP contribution >= 0.6 is 11.3 Å². The molecule has 5 heteroatoms. The number of carbonyl (C=O) groups is 1. The second-order valence-electron chi connectivity index (χ2n) is 2.56. The van der Waals surface area contributed by atoms with E-state index in [4.69, 9.17) is 5.11 Å². The van der Waals surface area contributed by atoms with E-state index in [9.17, 15) is 4.79 Å². The smallest absolute Gasteiger partial charge is 0.308 e. The first-order chi connectivity index (χ1) is 6.25. The largest absolute Gasteiger partial charge is 0.481 e. The number of nitrogens with zero attached hydrogens (tertiary/aromatic N) is 2. The normalized spacial score (nSPS) is 10.5. The fourth-order valence-corrected chi connectivity index (χ4v) is 2.05. The highest BCUT2D eigenvalue weighted by molar-refractivity contribution is 7.19. The number of aliphatic carboxylic acids is 1. The molecule has 0 aliphatic carbocycles. The lowest BCUT2D eigenvalue weighted by Crippen LogP contribution is -1.96. The van der Waals surface area contributed by atoms with Crippen LogP contribution in [0.4, 0.5) is 0 Å². The second kappa shape index (κ2) is 3.10. The van der Waals surface area contributed by atoms with Gasteiger partial charge in [-0.25, -0.2) is 9.97 Å². The molecular weight excluding hydrogens is 188 g/mol. The highest BCUT2D eigenvalue weighted by Gasteiger charge is 2.05. The predicted molar refractivity (Wildman–Crippen MR) is 48.8 cm³/mol. The lowest BCUT2D eigenvalue weighted by atomic mass is 10.3. The zero-order chi connectivity index (χ0) is 9.26. The van der Waals surface area contributed by atoms with E-state index in [-0.39, 0.29) is 6.42 Å². The molecule has 13 heavy (non-hydrogen) atoms. The van der Waals surface area contributed by atoms with Gasteiger partial charge in [0.05, 0.1) is 16.6 Å². The Bertz CT molecular complexity index is 419. The summed E-state index contributed by atoms with van der Waals surface area (Å²) in [7, 11) is 0. The molecule has 0 bridgehead atoms. The van der Waals surface area contributed by atoms with Crippen molar-refractivity contribution >= 4 is 27.5 Å². The fraction of sp³-hybridized carbons (Fsp3) is 0.125. The monoisotopic (exact) mass is 194 g/mol. The number of aromatic nitrogens is 2. The van der Waals surface area contributed by atoms with Crippen molar-refractivity contribution in [2.45, 2.75) is 6.42 Å². The summed E-state index contributed by atoms with van der Waals surface area (Å²) in [6.45, 7) is 0. The van der Waals surface area contributed by atoms with Gasteiger partial charge in [-0.3, -0.25) is 4.79 Å². The minimum Gasteiger partial charge on any atom is -0.481 e. The van der Waals surface area contributed by atoms with Gasteiger partial charge in [0.25, 0.3) is 0 Å². The zero-order valence-corrected chi connectivity index (χ0v) is 7.41. The predicted octanol–water partition coefficient (Wildman–Crippen LogP) is 1.32. The highest BCUT2D eigenvalue weighted by Crippen LogP contribution is 2.22. The van der Waals surface area contributed by atoms with Crippen LogP contribution in [0.1, 0.15) is 4.88 Å². The average molecular weight is 194 g/mol. The molecule has 2 rings (SSSR count). The Balaban J connectivity index is 2.44. The number of carboxylic acids is 1. The van der Waals surface area contributed by atoms with Crippen molar-refractivity contribution in [2.75, 3.05) is 0 Å². The standard InChI is InChI=1S/C8H6N2O2S/c11-8(12)2-5-1-6-7(13-5)3-9-4-10-6/h1,3-4H,2H2,(H,11,12). The number of hydrogen-bond donors (Lipinski definition) is 1. The van der Waals surface area contributed by atoms with E-state index in [2.05, 4.69) is 9.97 Å². The summed E-state index contributed by atoms with van der Waals surface area (Å²) < 4.78 is 0.929. The molecule has 1 N–H and O–H groups in total. The van der Waals surface area contributed by atoms with E-state index in [0.717, 1.165) is 15.1 Å². The number of thiophene rings is 1. The third-order valence-electron chi connectivity index (χ3n) is 1.57. The van der Waals surface area contributed by atoms with Gasteiger partial charge in [-0.15, -0.1) is 11.3 Å². The zero-order valence-electron chi connectivity index (χ0n) is 6.60. The van der Waals surface area contributed by atoms with Crippen molar-refractivity contribution in [1.82, 2.24) is 9.97 Å². The molecule has 0 atom stereocenters. The summed E-state index contributed by atoms with van der Waals surface area (Å²) in [5, 5.41) is 8.56. The summed E-state index contributed by atoms with van der Waals surface area (Å²) in [6, 6.07) is 1.79. The van der Waals surface area contributed by atoms with E-state index in [0.29, 0.717) is 0 Å². The summed E-state index contributed by atoms with van der Waals surface area (Å²) in [4.78, 5) is 19.1. The van der Waals surface area contributed by atoms with Crippen molar-refractivity contribution in [3.05, 3.63) is 23.5 Å². The maximum atomic E-state index is 10.4. The van der Waals surface area contributed by atoms with Crippen LogP contribution in [0.25, 0.3) is 10.2 Å². The van der Waals surface area contributed by atoms with Gasteiger partial charge in [-0.1, -0.05) is 0 Å². The molecular formula is C8H6N2O2S. The Hall–Kier alpha value is -1.49. The van der Waals surface area contributed by atoms with Crippen molar-refractivity contribution < 1.29 is 9.90 Å². The lowest BCUT2D eigenvalue weighted by molar-refractivity contribution is -0.136. The quantitative estimate of drug-likeness (QED) is 0.783. The minimum absolute atomic E-state index is 0.0566. The first-order valence-electron chi connectivity index (χ1n) is 3.66. The van der Waals surface area contributed by atoms with Crippen LogP contribution in [0.5, 0.6) is 0 Å². The molecule has 0 spiro atoms. The van der Waals surface area contributed by atoms with Gasteiger partial charge < -0.3 is 5.11 Å². The molecule has 2 heterocycles. The molecule has 2 aromatic rings. The van der Waals surface area contributed by atoms with Crippen LogP contribution in [0.3, 0.4) is 0 Å². The van der Waals surface area contributed by atoms with Crippen molar-refractivity contribution in [2.24, 2.45) is 0 Å². The molecule has 0 radical (unpaired) electrons. The average Bonchev–Trinajstić information content (AvgIpc) is 2.44. The summed E-state index contributed by atoms with van der Waals surface area (Å²) >= 11 is 1.42. The van der Waals surface area contributed by atoms with E-state index in [1.54, 1.807) is 12.3 Å². The number of fused-ring (bicyclic) bond motifs is 1. The number of rotatable bonds is 2.